The molecule has 1 N–H and O–H groups in total. The normalized spacial score (nSPS) is 17.3. The van der Waals surface area contributed by atoms with Crippen LogP contribution in [0.5, 0.6) is 0 Å². The van der Waals surface area contributed by atoms with Crippen LogP contribution in [0.4, 0.5) is 5.69 Å². The Kier molecular flexibility index (Phi) is 3.91. The van der Waals surface area contributed by atoms with Crippen molar-refractivity contribution in [3.8, 4) is 0 Å². The summed E-state index contributed by atoms with van der Waals surface area (Å²) in [6, 6.07) is 13.6. The van der Waals surface area contributed by atoms with Crippen molar-refractivity contribution in [2.24, 2.45) is 0 Å². The first-order valence-corrected chi connectivity index (χ1v) is 8.23. The Morgan fingerprint density at radius 2 is 2.17 bits per heavy atom. The van der Waals surface area contributed by atoms with E-state index in [0.717, 1.165) is 41.7 Å². The van der Waals surface area contributed by atoms with Crippen LogP contribution in [0, 0.1) is 0 Å². The zero-order valence-electron chi connectivity index (χ0n) is 13.3. The van der Waals surface area contributed by atoms with Crippen LogP contribution in [-0.4, -0.2) is 23.5 Å². The number of amides is 1. The summed E-state index contributed by atoms with van der Waals surface area (Å²) in [6.45, 7) is 1.31. The lowest BCUT2D eigenvalue weighted by molar-refractivity contribution is -0.122. The average molecular weight is 321 g/mol. The zero-order valence-corrected chi connectivity index (χ0v) is 13.3. The molecule has 1 aromatic carbocycles. The first-order valence-electron chi connectivity index (χ1n) is 8.23. The summed E-state index contributed by atoms with van der Waals surface area (Å²) in [6.07, 6.45) is 5.30. The summed E-state index contributed by atoms with van der Waals surface area (Å²) in [7, 11) is 0. The summed E-state index contributed by atoms with van der Waals surface area (Å²) in [5.41, 5.74) is 2.04. The number of para-hydroxylation sites is 1. The number of carbonyl (C=O) groups is 1. The van der Waals surface area contributed by atoms with Gasteiger partial charge < -0.3 is 14.6 Å². The SMILES string of the molecule is O=C(NCc1ccco1)C1CCCN1c1ccnc2ccccc12. The van der Waals surface area contributed by atoms with E-state index in [-0.39, 0.29) is 11.9 Å². The van der Waals surface area contributed by atoms with Gasteiger partial charge in [0.1, 0.15) is 11.8 Å². The molecule has 0 saturated carbocycles. The number of hydrogen-bond donors (Lipinski definition) is 1. The summed E-state index contributed by atoms with van der Waals surface area (Å²) in [4.78, 5) is 19.3. The molecule has 0 radical (unpaired) electrons. The van der Waals surface area contributed by atoms with Gasteiger partial charge in [0.15, 0.2) is 0 Å². The molecule has 1 saturated heterocycles. The van der Waals surface area contributed by atoms with Gasteiger partial charge >= 0.3 is 0 Å². The summed E-state index contributed by atoms with van der Waals surface area (Å²) in [5.74, 6) is 0.812. The van der Waals surface area contributed by atoms with Gasteiger partial charge in [0.25, 0.3) is 0 Å². The van der Waals surface area contributed by atoms with Gasteiger partial charge in [-0.1, -0.05) is 18.2 Å². The molecule has 5 nitrogen and oxygen atoms in total. The van der Waals surface area contributed by atoms with E-state index in [0.29, 0.717) is 6.54 Å². The smallest absolute Gasteiger partial charge is 0.243 e. The number of nitrogens with zero attached hydrogens (tertiary/aromatic N) is 2. The largest absolute Gasteiger partial charge is 0.467 e. The highest BCUT2D eigenvalue weighted by Gasteiger charge is 2.31. The van der Waals surface area contributed by atoms with E-state index in [4.69, 9.17) is 4.42 Å². The first-order chi connectivity index (χ1) is 11.8. The average Bonchev–Trinajstić information content (AvgIpc) is 3.31. The third kappa shape index (κ3) is 2.73. The van der Waals surface area contributed by atoms with Crippen LogP contribution >= 0.6 is 0 Å². The van der Waals surface area contributed by atoms with Crippen molar-refractivity contribution in [3.63, 3.8) is 0 Å². The van der Waals surface area contributed by atoms with Crippen LogP contribution in [-0.2, 0) is 11.3 Å². The van der Waals surface area contributed by atoms with Gasteiger partial charge in [-0.05, 0) is 37.1 Å². The number of furan rings is 1. The number of nitrogens with one attached hydrogen (secondary N) is 1. The van der Waals surface area contributed by atoms with Crippen LogP contribution < -0.4 is 10.2 Å². The van der Waals surface area contributed by atoms with Crippen molar-refractivity contribution in [1.82, 2.24) is 10.3 Å². The lowest BCUT2D eigenvalue weighted by Crippen LogP contribution is -2.43. The molecule has 3 heterocycles. The molecule has 0 bridgehead atoms. The molecule has 1 aliphatic heterocycles. The lowest BCUT2D eigenvalue weighted by atomic mass is 10.1. The van der Waals surface area contributed by atoms with Gasteiger partial charge in [0, 0.05) is 23.8 Å². The van der Waals surface area contributed by atoms with Crippen LogP contribution in [0.3, 0.4) is 0 Å². The number of hydrogen-bond acceptors (Lipinski definition) is 4. The highest BCUT2D eigenvalue weighted by molar-refractivity contribution is 5.95. The van der Waals surface area contributed by atoms with E-state index in [2.05, 4.69) is 21.3 Å². The monoisotopic (exact) mass is 321 g/mol. The molecule has 0 spiro atoms. The standard InChI is InChI=1S/C19H19N3O2/c23-19(21-13-14-5-4-12-24-14)18-8-3-11-22(18)17-9-10-20-16-7-2-1-6-15(16)17/h1-2,4-7,9-10,12,18H,3,8,11,13H2,(H,21,23). The maximum Gasteiger partial charge on any atom is 0.243 e. The molecule has 0 aliphatic carbocycles. The second kappa shape index (κ2) is 6.35. The maximum atomic E-state index is 12.7. The summed E-state index contributed by atoms with van der Waals surface area (Å²) in [5, 5.41) is 4.07. The van der Waals surface area contributed by atoms with Crippen LogP contribution in [0.15, 0.2) is 59.3 Å². The number of benzene rings is 1. The highest BCUT2D eigenvalue weighted by atomic mass is 16.3. The van der Waals surface area contributed by atoms with Gasteiger partial charge in [0.05, 0.1) is 18.3 Å². The molecule has 5 heteroatoms. The molecule has 1 unspecified atom stereocenters. The molecule has 1 fully saturated rings. The number of carbonyl (C=O) groups excluding carboxylic acids is 1. The second-order valence-electron chi connectivity index (χ2n) is 6.00. The fourth-order valence-electron chi connectivity index (χ4n) is 3.36. The molecule has 1 atom stereocenters. The lowest BCUT2D eigenvalue weighted by Gasteiger charge is -2.27. The summed E-state index contributed by atoms with van der Waals surface area (Å²) < 4.78 is 5.28. The van der Waals surface area contributed by atoms with Crippen molar-refractivity contribution < 1.29 is 9.21 Å². The van der Waals surface area contributed by atoms with E-state index < -0.39 is 0 Å². The fourth-order valence-corrected chi connectivity index (χ4v) is 3.36. The number of rotatable bonds is 4. The van der Waals surface area contributed by atoms with Gasteiger partial charge in [-0.25, -0.2) is 0 Å². The zero-order chi connectivity index (χ0) is 16.4. The number of anilines is 1. The van der Waals surface area contributed by atoms with Gasteiger partial charge in [-0.2, -0.15) is 0 Å². The molecule has 1 aliphatic rings. The van der Waals surface area contributed by atoms with Gasteiger partial charge in [-0.3, -0.25) is 9.78 Å². The third-order valence-corrected chi connectivity index (χ3v) is 4.51. The van der Waals surface area contributed by atoms with E-state index in [1.165, 1.54) is 0 Å². The maximum absolute atomic E-state index is 12.7. The molecule has 3 aromatic rings. The second-order valence-corrected chi connectivity index (χ2v) is 6.00. The van der Waals surface area contributed by atoms with E-state index in [9.17, 15) is 4.79 Å². The molecular weight excluding hydrogens is 302 g/mol. The van der Waals surface area contributed by atoms with E-state index >= 15 is 0 Å². The fraction of sp³-hybridized carbons (Fsp3) is 0.263. The Hall–Kier alpha value is -2.82. The molecule has 2 aromatic heterocycles. The molecule has 1 amide bonds. The van der Waals surface area contributed by atoms with Crippen molar-refractivity contribution in [1.29, 1.82) is 0 Å². The quantitative estimate of drug-likeness (QED) is 0.802. The van der Waals surface area contributed by atoms with Crippen molar-refractivity contribution >= 4 is 22.5 Å². The van der Waals surface area contributed by atoms with Crippen LogP contribution in [0.25, 0.3) is 10.9 Å². The molecule has 24 heavy (non-hydrogen) atoms. The minimum atomic E-state index is -0.147. The number of pyridine rings is 1. The topological polar surface area (TPSA) is 58.4 Å². The predicted molar refractivity (Wildman–Crippen MR) is 92.7 cm³/mol. The molecular formula is C19H19N3O2. The van der Waals surface area contributed by atoms with Gasteiger partial charge in [0.2, 0.25) is 5.91 Å². The van der Waals surface area contributed by atoms with E-state index in [1.807, 2.05) is 42.6 Å². The Morgan fingerprint density at radius 3 is 3.04 bits per heavy atom. The Bertz CT molecular complexity index is 839. The Labute approximate surface area is 140 Å². The molecule has 4 rings (SSSR count). The number of fused-ring (bicyclic) bond motifs is 1. The molecule has 122 valence electrons. The first kappa shape index (κ1) is 14.8. The minimum absolute atomic E-state index is 0.0461. The number of aromatic nitrogens is 1. The van der Waals surface area contributed by atoms with Crippen molar-refractivity contribution in [2.45, 2.75) is 25.4 Å². The van der Waals surface area contributed by atoms with Crippen LogP contribution in [0.1, 0.15) is 18.6 Å². The highest BCUT2D eigenvalue weighted by Crippen LogP contribution is 2.31. The van der Waals surface area contributed by atoms with Gasteiger partial charge in [-0.15, -0.1) is 0 Å². The minimum Gasteiger partial charge on any atom is -0.467 e. The third-order valence-electron chi connectivity index (χ3n) is 4.51. The Morgan fingerprint density at radius 1 is 1.25 bits per heavy atom. The van der Waals surface area contributed by atoms with Crippen molar-refractivity contribution in [3.05, 3.63) is 60.7 Å². The van der Waals surface area contributed by atoms with Crippen LogP contribution in [0.2, 0.25) is 0 Å². The van der Waals surface area contributed by atoms with E-state index in [1.54, 1.807) is 6.26 Å². The predicted octanol–water partition coefficient (Wildman–Crippen LogP) is 3.11. The summed E-state index contributed by atoms with van der Waals surface area (Å²) >= 11 is 0. The van der Waals surface area contributed by atoms with Crippen molar-refractivity contribution in [2.75, 3.05) is 11.4 Å². The Balaban J connectivity index is 1.56.